The molecule has 0 aliphatic rings. The van der Waals surface area contributed by atoms with Crippen molar-refractivity contribution in [2.75, 3.05) is 5.33 Å². The lowest BCUT2D eigenvalue weighted by Crippen LogP contribution is -2.14. The highest BCUT2D eigenvalue weighted by atomic mass is 79.9. The molecule has 0 radical (unpaired) electrons. The molecule has 0 amide bonds. The van der Waals surface area contributed by atoms with Crippen LogP contribution in [0, 0.1) is 0 Å². The molecule has 0 spiro atoms. The van der Waals surface area contributed by atoms with Gasteiger partial charge in [-0.2, -0.15) is 0 Å². The molecule has 0 fully saturated rings. The van der Waals surface area contributed by atoms with Crippen LogP contribution >= 0.6 is 31.9 Å². The molecule has 0 aromatic carbocycles. The number of hydrogen-bond donors (Lipinski definition) is 0. The summed E-state index contributed by atoms with van der Waals surface area (Å²) in [6.45, 7) is 4.33. The van der Waals surface area contributed by atoms with Crippen molar-refractivity contribution < 1.29 is 0 Å². The molecule has 1 atom stereocenters. The van der Waals surface area contributed by atoms with E-state index in [1.54, 1.807) is 0 Å². The average Bonchev–Trinajstić information content (AvgIpc) is 1.68. The van der Waals surface area contributed by atoms with Gasteiger partial charge in [-0.15, -0.1) is 0 Å². The normalized spacial score (nSPS) is 18.9. The number of rotatable bonds is 2. The summed E-state index contributed by atoms with van der Waals surface area (Å²) >= 11 is 6.92. The predicted molar refractivity (Wildman–Crippen MR) is 41.4 cm³/mol. The van der Waals surface area contributed by atoms with Crippen LogP contribution in [0.1, 0.15) is 20.3 Å². The van der Waals surface area contributed by atoms with Crippen molar-refractivity contribution in [3.05, 3.63) is 0 Å². The van der Waals surface area contributed by atoms with Gasteiger partial charge in [0.1, 0.15) is 0 Å². The predicted octanol–water partition coefficient (Wildman–Crippen LogP) is 2.94. The van der Waals surface area contributed by atoms with Gasteiger partial charge < -0.3 is 0 Å². The van der Waals surface area contributed by atoms with Gasteiger partial charge in [-0.1, -0.05) is 38.8 Å². The lowest BCUT2D eigenvalue weighted by atomic mass is 10.2. The van der Waals surface area contributed by atoms with Crippen LogP contribution in [-0.4, -0.2) is 9.65 Å². The fraction of sp³-hybridized carbons (Fsp3) is 1.00. The molecular formula is C5H10Br2. The standard InChI is InChI=1S/C5H10Br2/c1-3-5(2,7)4-6/h3-4H2,1-2H3/t5-/m1/s1. The Morgan fingerprint density at radius 2 is 2.00 bits per heavy atom. The minimum absolute atomic E-state index is 0.313. The van der Waals surface area contributed by atoms with Crippen molar-refractivity contribution in [2.24, 2.45) is 0 Å². The SMILES string of the molecule is CC[C@@](C)(Br)CBr. The summed E-state index contributed by atoms with van der Waals surface area (Å²) in [5.74, 6) is 0. The first-order valence-corrected chi connectivity index (χ1v) is 4.28. The molecule has 0 aliphatic carbocycles. The Kier molecular flexibility index (Phi) is 3.50. The van der Waals surface area contributed by atoms with Crippen LogP contribution in [-0.2, 0) is 0 Å². The Hall–Kier alpha value is 0.960. The highest BCUT2D eigenvalue weighted by Crippen LogP contribution is 2.22. The molecule has 0 N–H and O–H groups in total. The van der Waals surface area contributed by atoms with Gasteiger partial charge >= 0.3 is 0 Å². The van der Waals surface area contributed by atoms with E-state index in [2.05, 4.69) is 45.7 Å². The zero-order valence-electron chi connectivity index (χ0n) is 4.67. The Morgan fingerprint density at radius 3 is 2.00 bits per heavy atom. The Bertz CT molecular complexity index is 44.0. The second kappa shape index (κ2) is 3.08. The Labute approximate surface area is 61.9 Å². The molecule has 2 heteroatoms. The first-order valence-electron chi connectivity index (χ1n) is 2.37. The van der Waals surface area contributed by atoms with Crippen molar-refractivity contribution in [1.29, 1.82) is 0 Å². The van der Waals surface area contributed by atoms with Crippen molar-refractivity contribution in [3.63, 3.8) is 0 Å². The summed E-state index contributed by atoms with van der Waals surface area (Å²) in [5, 5.41) is 1.02. The molecule has 0 saturated carbocycles. The van der Waals surface area contributed by atoms with Gasteiger partial charge in [0.25, 0.3) is 0 Å². The van der Waals surface area contributed by atoms with Gasteiger partial charge in [-0.05, 0) is 13.3 Å². The third-order valence-electron chi connectivity index (χ3n) is 1.02. The zero-order chi connectivity index (χ0) is 5.91. The molecule has 0 saturated heterocycles. The van der Waals surface area contributed by atoms with Crippen LogP contribution < -0.4 is 0 Å². The van der Waals surface area contributed by atoms with E-state index in [9.17, 15) is 0 Å². The molecule has 0 aromatic heterocycles. The van der Waals surface area contributed by atoms with E-state index in [4.69, 9.17) is 0 Å². The summed E-state index contributed by atoms with van der Waals surface area (Å²) in [4.78, 5) is 0. The summed E-state index contributed by atoms with van der Waals surface area (Å²) in [5.41, 5.74) is 0. The second-order valence-electron chi connectivity index (χ2n) is 1.90. The van der Waals surface area contributed by atoms with Gasteiger partial charge in [0, 0.05) is 9.65 Å². The molecule has 0 heterocycles. The van der Waals surface area contributed by atoms with E-state index in [0.29, 0.717) is 4.32 Å². The lowest BCUT2D eigenvalue weighted by Gasteiger charge is -2.14. The average molecular weight is 230 g/mol. The molecule has 0 nitrogen and oxygen atoms in total. The van der Waals surface area contributed by atoms with E-state index in [0.717, 1.165) is 11.8 Å². The monoisotopic (exact) mass is 228 g/mol. The van der Waals surface area contributed by atoms with Gasteiger partial charge in [0.15, 0.2) is 0 Å². The van der Waals surface area contributed by atoms with E-state index in [-0.39, 0.29) is 0 Å². The second-order valence-corrected chi connectivity index (χ2v) is 4.38. The van der Waals surface area contributed by atoms with E-state index in [1.807, 2.05) is 0 Å². The third-order valence-corrected chi connectivity index (χ3v) is 3.85. The van der Waals surface area contributed by atoms with E-state index < -0.39 is 0 Å². The van der Waals surface area contributed by atoms with Crippen molar-refractivity contribution in [1.82, 2.24) is 0 Å². The molecule has 0 aromatic rings. The highest BCUT2D eigenvalue weighted by Gasteiger charge is 2.13. The van der Waals surface area contributed by atoms with Gasteiger partial charge in [0.2, 0.25) is 0 Å². The largest absolute Gasteiger partial charge is 0.0913 e. The van der Waals surface area contributed by atoms with Crippen LogP contribution in [0.5, 0.6) is 0 Å². The maximum atomic E-state index is 3.53. The van der Waals surface area contributed by atoms with Crippen LogP contribution in [0.3, 0.4) is 0 Å². The molecular weight excluding hydrogens is 220 g/mol. The molecule has 0 aliphatic heterocycles. The zero-order valence-corrected chi connectivity index (χ0v) is 7.84. The smallest absolute Gasteiger partial charge is 0.0323 e. The number of hydrogen-bond acceptors (Lipinski definition) is 0. The maximum absolute atomic E-state index is 3.53. The molecule has 0 unspecified atom stereocenters. The van der Waals surface area contributed by atoms with Gasteiger partial charge in [-0.3, -0.25) is 0 Å². The van der Waals surface area contributed by atoms with Crippen molar-refractivity contribution in [2.45, 2.75) is 24.6 Å². The number of halogens is 2. The van der Waals surface area contributed by atoms with Crippen LogP contribution in [0.25, 0.3) is 0 Å². The van der Waals surface area contributed by atoms with Crippen LogP contribution in [0.2, 0.25) is 0 Å². The fourth-order valence-electron chi connectivity index (χ4n) is 0.0945. The summed E-state index contributed by atoms with van der Waals surface area (Å²) < 4.78 is 0.313. The van der Waals surface area contributed by atoms with E-state index in [1.165, 1.54) is 0 Å². The molecule has 0 rings (SSSR count). The Morgan fingerprint density at radius 1 is 1.57 bits per heavy atom. The highest BCUT2D eigenvalue weighted by molar-refractivity contribution is 9.12. The van der Waals surface area contributed by atoms with Crippen molar-refractivity contribution in [3.8, 4) is 0 Å². The van der Waals surface area contributed by atoms with Crippen LogP contribution in [0.4, 0.5) is 0 Å². The summed E-state index contributed by atoms with van der Waals surface area (Å²) in [7, 11) is 0. The van der Waals surface area contributed by atoms with Crippen molar-refractivity contribution >= 4 is 31.9 Å². The molecule has 44 valence electrons. The first kappa shape index (κ1) is 7.96. The first-order chi connectivity index (χ1) is 3.12. The minimum Gasteiger partial charge on any atom is -0.0913 e. The van der Waals surface area contributed by atoms with Gasteiger partial charge in [0.05, 0.1) is 0 Å². The van der Waals surface area contributed by atoms with Crippen LogP contribution in [0.15, 0.2) is 0 Å². The summed E-state index contributed by atoms with van der Waals surface area (Å²) in [6, 6.07) is 0. The molecule has 0 bridgehead atoms. The quantitative estimate of drug-likeness (QED) is 0.639. The topological polar surface area (TPSA) is 0 Å². The number of alkyl halides is 2. The third kappa shape index (κ3) is 3.53. The molecule has 7 heavy (non-hydrogen) atoms. The lowest BCUT2D eigenvalue weighted by molar-refractivity contribution is 0.716. The Balaban J connectivity index is 3.36. The minimum atomic E-state index is 0.313. The van der Waals surface area contributed by atoms with E-state index >= 15 is 0 Å². The maximum Gasteiger partial charge on any atom is 0.0323 e. The van der Waals surface area contributed by atoms with Gasteiger partial charge in [-0.25, -0.2) is 0 Å². The fourth-order valence-corrected chi connectivity index (χ4v) is 0.491. The summed E-state index contributed by atoms with van der Waals surface area (Å²) in [6.07, 6.45) is 1.16.